The van der Waals surface area contributed by atoms with Crippen LogP contribution in [0.1, 0.15) is 24.3 Å². The molecule has 0 saturated heterocycles. The highest BCUT2D eigenvalue weighted by molar-refractivity contribution is 6.00. The Bertz CT molecular complexity index is 501. The van der Waals surface area contributed by atoms with E-state index in [9.17, 15) is 0 Å². The fourth-order valence-corrected chi connectivity index (χ4v) is 2.26. The van der Waals surface area contributed by atoms with E-state index < -0.39 is 0 Å². The lowest BCUT2D eigenvalue weighted by Gasteiger charge is -2.16. The van der Waals surface area contributed by atoms with Crippen LogP contribution in [0, 0.1) is 0 Å². The van der Waals surface area contributed by atoms with Crippen molar-refractivity contribution in [2.45, 2.75) is 24.8 Å². The van der Waals surface area contributed by atoms with Crippen LogP contribution in [0.25, 0.3) is 0 Å². The number of hydrogen-bond donors (Lipinski definition) is 3. The average Bonchev–Trinajstić information content (AvgIpc) is 3.10. The van der Waals surface area contributed by atoms with E-state index in [4.69, 9.17) is 11.5 Å². The van der Waals surface area contributed by atoms with Gasteiger partial charge in [0.15, 0.2) is 0 Å². The van der Waals surface area contributed by atoms with Crippen LogP contribution in [0.2, 0.25) is 0 Å². The van der Waals surface area contributed by atoms with Gasteiger partial charge in [0, 0.05) is 29.9 Å². The van der Waals surface area contributed by atoms with Crippen molar-refractivity contribution in [3.63, 3.8) is 0 Å². The molecule has 1 aliphatic carbocycles. The third kappa shape index (κ3) is 2.03. The molecule has 1 aliphatic heterocycles. The Morgan fingerprint density at radius 2 is 2.00 bits per heavy atom. The van der Waals surface area contributed by atoms with Crippen molar-refractivity contribution >= 4 is 5.84 Å². The summed E-state index contributed by atoms with van der Waals surface area (Å²) in [5.41, 5.74) is 14.2. The highest BCUT2D eigenvalue weighted by Gasteiger charge is 2.30. The lowest BCUT2D eigenvalue weighted by atomic mass is 9.93. The Morgan fingerprint density at radius 3 is 2.67 bits per heavy atom. The molecule has 0 radical (unpaired) electrons. The molecule has 3 rings (SSSR count). The van der Waals surface area contributed by atoms with E-state index in [-0.39, 0.29) is 5.92 Å². The molecule has 18 heavy (non-hydrogen) atoms. The average molecular weight is 243 g/mol. The van der Waals surface area contributed by atoms with E-state index in [1.54, 1.807) is 12.4 Å². The minimum atomic E-state index is 0.152. The zero-order chi connectivity index (χ0) is 12.5. The first kappa shape index (κ1) is 11.1. The summed E-state index contributed by atoms with van der Waals surface area (Å²) < 4.78 is 0. The number of hydrogen-bond acceptors (Lipinski definition) is 5. The van der Waals surface area contributed by atoms with Gasteiger partial charge in [-0.15, -0.1) is 0 Å². The normalized spacial score (nSPS) is 25.8. The van der Waals surface area contributed by atoms with Gasteiger partial charge in [-0.2, -0.15) is 0 Å². The van der Waals surface area contributed by atoms with Crippen molar-refractivity contribution in [1.29, 1.82) is 0 Å². The molecule has 1 unspecified atom stereocenters. The number of rotatable bonds is 3. The highest BCUT2D eigenvalue weighted by atomic mass is 15.1. The van der Waals surface area contributed by atoms with Gasteiger partial charge in [-0.3, -0.25) is 9.98 Å². The second-order valence-corrected chi connectivity index (χ2v) is 4.81. The number of nitrogens with one attached hydrogen (secondary N) is 1. The van der Waals surface area contributed by atoms with Gasteiger partial charge in [0.05, 0.1) is 6.54 Å². The molecule has 1 saturated carbocycles. The summed E-state index contributed by atoms with van der Waals surface area (Å²) in [7, 11) is 0. The Balaban J connectivity index is 1.91. The molecule has 0 bridgehead atoms. The summed E-state index contributed by atoms with van der Waals surface area (Å²) in [6.45, 7) is 0.665. The summed E-state index contributed by atoms with van der Waals surface area (Å²) in [4.78, 5) is 8.35. The molecular weight excluding hydrogens is 226 g/mol. The molecule has 1 atom stereocenters. The van der Waals surface area contributed by atoms with Crippen LogP contribution >= 0.6 is 0 Å². The second-order valence-electron chi connectivity index (χ2n) is 4.81. The number of pyridine rings is 1. The van der Waals surface area contributed by atoms with Gasteiger partial charge in [-0.1, -0.05) is 0 Å². The first-order valence-corrected chi connectivity index (χ1v) is 6.22. The molecule has 94 valence electrons. The summed E-state index contributed by atoms with van der Waals surface area (Å²) in [6.07, 6.45) is 5.94. The minimum Gasteiger partial charge on any atom is -0.385 e. The molecule has 1 aromatic heterocycles. The third-order valence-corrected chi connectivity index (χ3v) is 3.40. The van der Waals surface area contributed by atoms with Crippen molar-refractivity contribution in [2.24, 2.45) is 16.5 Å². The van der Waals surface area contributed by atoms with E-state index in [0.717, 1.165) is 11.1 Å². The van der Waals surface area contributed by atoms with Gasteiger partial charge in [-0.25, -0.2) is 0 Å². The predicted octanol–water partition coefficient (Wildman–Crippen LogP) is 0.458. The van der Waals surface area contributed by atoms with Crippen molar-refractivity contribution in [1.82, 2.24) is 10.3 Å². The quantitative estimate of drug-likeness (QED) is 0.719. The second kappa shape index (κ2) is 4.33. The lowest BCUT2D eigenvalue weighted by Crippen LogP contribution is -2.29. The maximum atomic E-state index is 6.13. The SMILES string of the molecule is NC1=NCC(c2ccncc2)/C1=C(/N)NC1CC1. The molecule has 0 aromatic carbocycles. The Kier molecular flexibility index (Phi) is 2.66. The first-order chi connectivity index (χ1) is 8.75. The summed E-state index contributed by atoms with van der Waals surface area (Å²) in [6, 6.07) is 4.50. The van der Waals surface area contributed by atoms with E-state index in [2.05, 4.69) is 15.3 Å². The highest BCUT2D eigenvalue weighted by Crippen LogP contribution is 2.31. The van der Waals surface area contributed by atoms with Crippen LogP contribution in [0.4, 0.5) is 0 Å². The molecule has 0 spiro atoms. The third-order valence-electron chi connectivity index (χ3n) is 3.40. The molecule has 5 N–H and O–H groups in total. The van der Waals surface area contributed by atoms with Crippen molar-refractivity contribution < 1.29 is 0 Å². The molecule has 1 fully saturated rings. The zero-order valence-electron chi connectivity index (χ0n) is 10.1. The van der Waals surface area contributed by atoms with Crippen LogP contribution in [-0.2, 0) is 0 Å². The van der Waals surface area contributed by atoms with Crippen molar-refractivity contribution in [3.05, 3.63) is 41.5 Å². The maximum absolute atomic E-state index is 6.13. The van der Waals surface area contributed by atoms with E-state index in [1.165, 1.54) is 12.8 Å². The fraction of sp³-hybridized carbons (Fsp3) is 0.385. The van der Waals surface area contributed by atoms with Crippen LogP contribution in [0.5, 0.6) is 0 Å². The van der Waals surface area contributed by atoms with Crippen LogP contribution in [-0.4, -0.2) is 23.4 Å². The smallest absolute Gasteiger partial charge is 0.125 e. The first-order valence-electron chi connectivity index (χ1n) is 6.22. The Labute approximate surface area is 106 Å². The van der Waals surface area contributed by atoms with Crippen LogP contribution in [0.3, 0.4) is 0 Å². The van der Waals surface area contributed by atoms with Gasteiger partial charge >= 0.3 is 0 Å². The minimum absolute atomic E-state index is 0.152. The van der Waals surface area contributed by atoms with Crippen molar-refractivity contribution in [3.8, 4) is 0 Å². The number of aliphatic imine (C=N–C) groups is 1. The summed E-state index contributed by atoms with van der Waals surface area (Å²) >= 11 is 0. The van der Waals surface area contributed by atoms with Gasteiger partial charge in [0.1, 0.15) is 11.7 Å². The molecule has 5 heteroatoms. The number of amidine groups is 1. The molecule has 2 aliphatic rings. The van der Waals surface area contributed by atoms with Gasteiger partial charge in [0.2, 0.25) is 0 Å². The monoisotopic (exact) mass is 243 g/mol. The molecule has 0 amide bonds. The van der Waals surface area contributed by atoms with Gasteiger partial charge < -0.3 is 16.8 Å². The molecule has 1 aromatic rings. The molecule has 5 nitrogen and oxygen atoms in total. The number of aromatic nitrogens is 1. The lowest BCUT2D eigenvalue weighted by molar-refractivity contribution is 0.759. The standard InChI is InChI=1S/C13H17N5/c14-12-11(13(15)18-9-1-2-9)10(7-17-12)8-3-5-16-6-4-8/h3-6,9-10,18H,1-2,7,15H2,(H2,14,17)/b13-11+. The number of nitrogens with zero attached hydrogens (tertiary/aromatic N) is 2. The van der Waals surface area contributed by atoms with E-state index >= 15 is 0 Å². The number of nitrogens with two attached hydrogens (primary N) is 2. The van der Waals surface area contributed by atoms with E-state index in [0.29, 0.717) is 24.2 Å². The van der Waals surface area contributed by atoms with Gasteiger partial charge in [-0.05, 0) is 30.5 Å². The van der Waals surface area contributed by atoms with E-state index in [1.807, 2.05) is 12.1 Å². The zero-order valence-corrected chi connectivity index (χ0v) is 10.1. The predicted molar refractivity (Wildman–Crippen MR) is 70.8 cm³/mol. The maximum Gasteiger partial charge on any atom is 0.125 e. The van der Waals surface area contributed by atoms with Crippen molar-refractivity contribution in [2.75, 3.05) is 6.54 Å². The Hall–Kier alpha value is -2.04. The summed E-state index contributed by atoms with van der Waals surface area (Å²) in [5.74, 6) is 1.39. The largest absolute Gasteiger partial charge is 0.385 e. The van der Waals surface area contributed by atoms with Crippen LogP contribution < -0.4 is 16.8 Å². The summed E-state index contributed by atoms with van der Waals surface area (Å²) in [5, 5.41) is 3.31. The molecular formula is C13H17N5. The topological polar surface area (TPSA) is 89.3 Å². The molecule has 2 heterocycles. The fourth-order valence-electron chi connectivity index (χ4n) is 2.26. The Morgan fingerprint density at radius 1 is 1.28 bits per heavy atom. The van der Waals surface area contributed by atoms with Crippen LogP contribution in [0.15, 0.2) is 40.9 Å². The van der Waals surface area contributed by atoms with Gasteiger partial charge in [0.25, 0.3) is 0 Å².